The fourth-order valence-corrected chi connectivity index (χ4v) is 5.04. The molecule has 2 aromatic rings. The van der Waals surface area contributed by atoms with Gasteiger partial charge in [0.05, 0.1) is 10.7 Å². The van der Waals surface area contributed by atoms with E-state index >= 15 is 0 Å². The minimum absolute atomic E-state index is 0.444. The minimum atomic E-state index is 0.444. The van der Waals surface area contributed by atoms with Crippen LogP contribution in [0.1, 0.15) is 30.0 Å². The van der Waals surface area contributed by atoms with Crippen molar-refractivity contribution in [1.82, 2.24) is 20.5 Å². The Morgan fingerprint density at radius 1 is 1.17 bits per heavy atom. The number of hydrogen-bond donors (Lipinski definition) is 2. The Balaban J connectivity index is 1.17. The first-order chi connectivity index (χ1) is 14.7. The second-order valence-electron chi connectivity index (χ2n) is 8.44. The van der Waals surface area contributed by atoms with E-state index in [1.54, 1.807) is 11.3 Å². The lowest BCUT2D eigenvalue weighted by Crippen LogP contribution is -2.47. The topological polar surface area (TPSA) is 55.8 Å². The van der Waals surface area contributed by atoms with Crippen LogP contribution >= 0.6 is 11.3 Å². The van der Waals surface area contributed by atoms with E-state index in [4.69, 9.17) is 0 Å². The van der Waals surface area contributed by atoms with Gasteiger partial charge in [0, 0.05) is 50.3 Å². The van der Waals surface area contributed by atoms with Crippen LogP contribution in [0.25, 0.3) is 0 Å². The SMILES string of the molecule is CN=C(NCC1CCN(Cc2csc(C)n2)CC1)NC1CCN(c2ccccc2)C1. The smallest absolute Gasteiger partial charge is 0.191 e. The molecule has 0 spiro atoms. The molecule has 0 radical (unpaired) electrons. The van der Waals surface area contributed by atoms with Gasteiger partial charge in [-0.15, -0.1) is 11.3 Å². The first kappa shape index (κ1) is 21.1. The van der Waals surface area contributed by atoms with E-state index in [0.29, 0.717) is 12.0 Å². The van der Waals surface area contributed by atoms with Gasteiger partial charge in [0.1, 0.15) is 0 Å². The maximum atomic E-state index is 4.60. The number of thiazole rings is 1. The zero-order valence-electron chi connectivity index (χ0n) is 18.2. The quantitative estimate of drug-likeness (QED) is 0.549. The summed E-state index contributed by atoms with van der Waals surface area (Å²) in [7, 11) is 1.87. The van der Waals surface area contributed by atoms with Crippen LogP contribution in [0.3, 0.4) is 0 Å². The van der Waals surface area contributed by atoms with Gasteiger partial charge >= 0.3 is 0 Å². The molecule has 0 amide bonds. The van der Waals surface area contributed by atoms with Gasteiger partial charge in [-0.1, -0.05) is 18.2 Å². The molecular formula is C23H34N6S. The summed E-state index contributed by atoms with van der Waals surface area (Å²) >= 11 is 1.75. The van der Waals surface area contributed by atoms with E-state index in [-0.39, 0.29) is 0 Å². The number of likely N-dealkylation sites (tertiary alicyclic amines) is 1. The van der Waals surface area contributed by atoms with Crippen LogP contribution in [0.15, 0.2) is 40.7 Å². The fourth-order valence-electron chi connectivity index (χ4n) is 4.44. The highest BCUT2D eigenvalue weighted by Gasteiger charge is 2.24. The summed E-state index contributed by atoms with van der Waals surface area (Å²) in [6.45, 7) is 8.51. The molecule has 0 bridgehead atoms. The number of aliphatic imine (C=N–C) groups is 1. The molecule has 162 valence electrons. The molecule has 0 saturated carbocycles. The van der Waals surface area contributed by atoms with E-state index in [0.717, 1.165) is 56.7 Å². The molecule has 1 atom stereocenters. The molecule has 1 unspecified atom stereocenters. The summed E-state index contributed by atoms with van der Waals surface area (Å²) in [6, 6.07) is 11.1. The fraction of sp³-hybridized carbons (Fsp3) is 0.565. The highest BCUT2D eigenvalue weighted by atomic mass is 32.1. The Morgan fingerprint density at radius 3 is 2.67 bits per heavy atom. The molecule has 3 heterocycles. The molecule has 2 saturated heterocycles. The van der Waals surface area contributed by atoms with Crippen LogP contribution in [0.5, 0.6) is 0 Å². The number of nitrogens with zero attached hydrogens (tertiary/aromatic N) is 4. The third-order valence-corrected chi connectivity index (χ3v) is 7.01. The highest BCUT2D eigenvalue weighted by molar-refractivity contribution is 7.09. The van der Waals surface area contributed by atoms with Crippen molar-refractivity contribution in [2.75, 3.05) is 44.7 Å². The van der Waals surface area contributed by atoms with Gasteiger partial charge in [-0.2, -0.15) is 0 Å². The lowest BCUT2D eigenvalue weighted by atomic mass is 9.97. The van der Waals surface area contributed by atoms with Crippen LogP contribution in [0.4, 0.5) is 5.69 Å². The number of aryl methyl sites for hydroxylation is 1. The van der Waals surface area contributed by atoms with Gasteiger partial charge in [-0.3, -0.25) is 9.89 Å². The van der Waals surface area contributed by atoms with Crippen molar-refractivity contribution in [3.8, 4) is 0 Å². The van der Waals surface area contributed by atoms with Gasteiger partial charge in [0.2, 0.25) is 0 Å². The van der Waals surface area contributed by atoms with E-state index in [1.807, 2.05) is 7.05 Å². The van der Waals surface area contributed by atoms with Gasteiger partial charge in [-0.05, 0) is 57.3 Å². The van der Waals surface area contributed by atoms with Crippen molar-refractivity contribution < 1.29 is 0 Å². The normalized spacial score (nSPS) is 21.2. The Kier molecular flexibility index (Phi) is 7.23. The summed E-state index contributed by atoms with van der Waals surface area (Å²) in [6.07, 6.45) is 3.61. The van der Waals surface area contributed by atoms with Crippen molar-refractivity contribution in [2.45, 2.75) is 38.8 Å². The predicted molar refractivity (Wildman–Crippen MR) is 126 cm³/mol. The van der Waals surface area contributed by atoms with Crippen LogP contribution in [0.2, 0.25) is 0 Å². The molecule has 2 aliphatic heterocycles. The molecule has 4 rings (SSSR count). The van der Waals surface area contributed by atoms with E-state index in [2.05, 4.69) is 73.0 Å². The van der Waals surface area contributed by atoms with Crippen molar-refractivity contribution >= 4 is 23.0 Å². The predicted octanol–water partition coefficient (Wildman–Crippen LogP) is 3.11. The Morgan fingerprint density at radius 2 is 1.97 bits per heavy atom. The third kappa shape index (κ3) is 5.73. The minimum Gasteiger partial charge on any atom is -0.369 e. The highest BCUT2D eigenvalue weighted by Crippen LogP contribution is 2.21. The van der Waals surface area contributed by atoms with Crippen molar-refractivity contribution in [3.63, 3.8) is 0 Å². The monoisotopic (exact) mass is 426 g/mol. The zero-order chi connectivity index (χ0) is 20.8. The summed E-state index contributed by atoms with van der Waals surface area (Å²) in [5.74, 6) is 1.65. The molecular weight excluding hydrogens is 392 g/mol. The molecule has 7 heteroatoms. The molecule has 2 fully saturated rings. The summed E-state index contributed by atoms with van der Waals surface area (Å²) in [5.41, 5.74) is 2.53. The van der Waals surface area contributed by atoms with E-state index < -0.39 is 0 Å². The van der Waals surface area contributed by atoms with Crippen molar-refractivity contribution in [2.24, 2.45) is 10.9 Å². The zero-order valence-corrected chi connectivity index (χ0v) is 19.0. The number of piperidine rings is 1. The van der Waals surface area contributed by atoms with Crippen LogP contribution < -0.4 is 15.5 Å². The number of rotatable bonds is 6. The largest absolute Gasteiger partial charge is 0.369 e. The van der Waals surface area contributed by atoms with Crippen LogP contribution in [-0.2, 0) is 6.54 Å². The molecule has 6 nitrogen and oxygen atoms in total. The van der Waals surface area contributed by atoms with Crippen molar-refractivity contribution in [1.29, 1.82) is 0 Å². The number of guanidine groups is 1. The summed E-state index contributed by atoms with van der Waals surface area (Å²) in [4.78, 5) is 14.1. The third-order valence-electron chi connectivity index (χ3n) is 6.19. The number of hydrogen-bond acceptors (Lipinski definition) is 5. The van der Waals surface area contributed by atoms with E-state index in [1.165, 1.54) is 24.2 Å². The number of nitrogens with one attached hydrogen (secondary N) is 2. The van der Waals surface area contributed by atoms with Gasteiger partial charge in [-0.25, -0.2) is 4.98 Å². The second-order valence-corrected chi connectivity index (χ2v) is 9.50. The second kappa shape index (κ2) is 10.3. The van der Waals surface area contributed by atoms with Crippen molar-refractivity contribution in [3.05, 3.63) is 46.4 Å². The standard InChI is InChI=1S/C23H34N6S/c1-18-26-21(17-30-18)15-28-11-8-19(9-12-28)14-25-23(24-2)27-20-10-13-29(16-20)22-6-4-3-5-7-22/h3-7,17,19-20H,8-16H2,1-2H3,(H2,24,25,27). The molecule has 0 aliphatic carbocycles. The average Bonchev–Trinajstić information content (AvgIpc) is 3.41. The Bertz CT molecular complexity index is 812. The lowest BCUT2D eigenvalue weighted by molar-refractivity contribution is 0.176. The molecule has 30 heavy (non-hydrogen) atoms. The molecule has 1 aromatic carbocycles. The lowest BCUT2D eigenvalue weighted by Gasteiger charge is -2.32. The first-order valence-electron chi connectivity index (χ1n) is 11.1. The van der Waals surface area contributed by atoms with Crippen LogP contribution in [-0.4, -0.2) is 61.7 Å². The summed E-state index contributed by atoms with van der Waals surface area (Å²) in [5, 5.41) is 10.6. The van der Waals surface area contributed by atoms with Gasteiger partial charge < -0.3 is 15.5 Å². The number of para-hydroxylation sites is 1. The molecule has 2 N–H and O–H groups in total. The molecule has 1 aromatic heterocycles. The van der Waals surface area contributed by atoms with Gasteiger partial charge in [0.25, 0.3) is 0 Å². The van der Waals surface area contributed by atoms with Crippen LogP contribution in [0, 0.1) is 12.8 Å². The Hall–Kier alpha value is -2.12. The Labute approximate surface area is 184 Å². The number of benzene rings is 1. The van der Waals surface area contributed by atoms with E-state index in [9.17, 15) is 0 Å². The maximum Gasteiger partial charge on any atom is 0.191 e. The number of aromatic nitrogens is 1. The average molecular weight is 427 g/mol. The summed E-state index contributed by atoms with van der Waals surface area (Å²) < 4.78 is 0. The molecule has 2 aliphatic rings. The first-order valence-corrected chi connectivity index (χ1v) is 12.0. The number of anilines is 1. The maximum absolute atomic E-state index is 4.60. The van der Waals surface area contributed by atoms with Gasteiger partial charge in [0.15, 0.2) is 5.96 Å².